The van der Waals surface area contributed by atoms with Crippen LogP contribution in [0.5, 0.6) is 0 Å². The minimum Gasteiger partial charge on any atom is -0.302 e. The topological polar surface area (TPSA) is 42.0 Å². The largest absolute Gasteiger partial charge is 0.302 e. The van der Waals surface area contributed by atoms with Crippen LogP contribution in [-0.2, 0) is 16.3 Å². The van der Waals surface area contributed by atoms with Crippen LogP contribution in [0.3, 0.4) is 0 Å². The highest BCUT2D eigenvalue weighted by Gasteiger charge is 2.08. The van der Waals surface area contributed by atoms with Gasteiger partial charge in [0.2, 0.25) is 5.91 Å². The number of carbonyl (C=O) groups excluding carboxylic acids is 1. The molecule has 0 fully saturated rings. The molecule has 0 saturated heterocycles. The normalized spacial score (nSPS) is 10.9. The SMILES string of the molecule is CC(C)CC(=O)Nc1nc(CSCc2ccc(F)cc2)cs1. The van der Waals surface area contributed by atoms with Crippen LogP contribution in [-0.4, -0.2) is 10.9 Å². The van der Waals surface area contributed by atoms with Gasteiger partial charge in [-0.3, -0.25) is 4.79 Å². The number of halogens is 1. The summed E-state index contributed by atoms with van der Waals surface area (Å²) in [6.45, 7) is 4.03. The molecular weight excluding hydrogens is 319 g/mol. The van der Waals surface area contributed by atoms with Crippen molar-refractivity contribution < 1.29 is 9.18 Å². The van der Waals surface area contributed by atoms with Crippen molar-refractivity contribution >= 4 is 34.1 Å². The van der Waals surface area contributed by atoms with Crippen molar-refractivity contribution in [3.63, 3.8) is 0 Å². The maximum atomic E-state index is 12.8. The standard InChI is InChI=1S/C16H19FN2OS2/c1-11(2)7-15(20)19-16-18-14(10-22-16)9-21-8-12-3-5-13(17)6-4-12/h3-6,10-11H,7-9H2,1-2H3,(H,18,19,20). The van der Waals surface area contributed by atoms with E-state index in [4.69, 9.17) is 0 Å². The summed E-state index contributed by atoms with van der Waals surface area (Å²) >= 11 is 3.16. The van der Waals surface area contributed by atoms with Gasteiger partial charge in [0.1, 0.15) is 5.82 Å². The predicted octanol–water partition coefficient (Wildman–Crippen LogP) is 4.70. The Morgan fingerprint density at radius 2 is 2.05 bits per heavy atom. The highest BCUT2D eigenvalue weighted by molar-refractivity contribution is 7.97. The first-order valence-electron chi connectivity index (χ1n) is 7.09. The maximum Gasteiger partial charge on any atom is 0.226 e. The number of rotatable bonds is 7. The van der Waals surface area contributed by atoms with Crippen LogP contribution in [0.25, 0.3) is 0 Å². The minimum absolute atomic E-state index is 0.00913. The Bertz CT molecular complexity index is 611. The molecule has 118 valence electrons. The molecule has 1 N–H and O–H groups in total. The molecule has 1 amide bonds. The van der Waals surface area contributed by atoms with Crippen molar-refractivity contribution in [2.24, 2.45) is 5.92 Å². The van der Waals surface area contributed by atoms with Gasteiger partial charge in [0, 0.05) is 23.3 Å². The Morgan fingerprint density at radius 1 is 1.32 bits per heavy atom. The van der Waals surface area contributed by atoms with Crippen LogP contribution in [0, 0.1) is 11.7 Å². The van der Waals surface area contributed by atoms with Gasteiger partial charge in [-0.15, -0.1) is 11.3 Å². The molecule has 0 aliphatic heterocycles. The lowest BCUT2D eigenvalue weighted by Gasteiger charge is -2.03. The molecule has 1 aromatic carbocycles. The van der Waals surface area contributed by atoms with Crippen molar-refractivity contribution in [3.8, 4) is 0 Å². The van der Waals surface area contributed by atoms with E-state index in [0.717, 1.165) is 22.8 Å². The number of hydrogen-bond donors (Lipinski definition) is 1. The van der Waals surface area contributed by atoms with Crippen LogP contribution < -0.4 is 5.32 Å². The fraction of sp³-hybridized carbons (Fsp3) is 0.375. The van der Waals surface area contributed by atoms with E-state index in [1.807, 2.05) is 19.2 Å². The molecule has 0 saturated carbocycles. The van der Waals surface area contributed by atoms with Crippen molar-refractivity contribution in [3.05, 3.63) is 46.7 Å². The molecule has 0 atom stereocenters. The van der Waals surface area contributed by atoms with Gasteiger partial charge in [0.05, 0.1) is 5.69 Å². The molecule has 0 aliphatic carbocycles. The second-order valence-corrected chi connectivity index (χ2v) is 7.25. The quantitative estimate of drug-likeness (QED) is 0.795. The number of carbonyl (C=O) groups is 1. The zero-order chi connectivity index (χ0) is 15.9. The molecule has 0 bridgehead atoms. The number of anilines is 1. The van der Waals surface area contributed by atoms with Gasteiger partial charge in [-0.25, -0.2) is 9.37 Å². The Morgan fingerprint density at radius 3 is 2.73 bits per heavy atom. The summed E-state index contributed by atoms with van der Waals surface area (Å²) in [5.74, 6) is 1.72. The summed E-state index contributed by atoms with van der Waals surface area (Å²) < 4.78 is 12.8. The fourth-order valence-electron chi connectivity index (χ4n) is 1.83. The maximum absolute atomic E-state index is 12.8. The third kappa shape index (κ3) is 5.77. The summed E-state index contributed by atoms with van der Waals surface area (Å²) in [7, 11) is 0. The molecule has 1 aromatic heterocycles. The van der Waals surface area contributed by atoms with Crippen LogP contribution in [0.4, 0.5) is 9.52 Å². The first kappa shape index (κ1) is 17.0. The smallest absolute Gasteiger partial charge is 0.226 e. The number of benzene rings is 1. The molecule has 3 nitrogen and oxygen atoms in total. The zero-order valence-electron chi connectivity index (χ0n) is 12.6. The number of thiazole rings is 1. The molecule has 0 radical (unpaired) electrons. The summed E-state index contributed by atoms with van der Waals surface area (Å²) in [6, 6.07) is 6.53. The first-order valence-corrected chi connectivity index (χ1v) is 9.13. The van der Waals surface area contributed by atoms with Gasteiger partial charge in [-0.1, -0.05) is 26.0 Å². The Hall–Kier alpha value is -1.40. The number of aromatic nitrogens is 1. The molecule has 0 spiro atoms. The lowest BCUT2D eigenvalue weighted by atomic mass is 10.1. The van der Waals surface area contributed by atoms with Crippen LogP contribution in [0.15, 0.2) is 29.6 Å². The minimum atomic E-state index is -0.213. The first-order chi connectivity index (χ1) is 10.5. The number of thioether (sulfide) groups is 1. The van der Waals surface area contributed by atoms with E-state index >= 15 is 0 Å². The lowest BCUT2D eigenvalue weighted by Crippen LogP contribution is -2.13. The van der Waals surface area contributed by atoms with Gasteiger partial charge in [0.15, 0.2) is 5.13 Å². The van der Waals surface area contributed by atoms with E-state index in [9.17, 15) is 9.18 Å². The summed E-state index contributed by atoms with van der Waals surface area (Å²) in [5, 5.41) is 5.44. The zero-order valence-corrected chi connectivity index (χ0v) is 14.3. The molecular formula is C16H19FN2OS2. The second-order valence-electron chi connectivity index (χ2n) is 5.41. The molecule has 0 unspecified atom stereocenters. The average molecular weight is 338 g/mol. The van der Waals surface area contributed by atoms with Gasteiger partial charge in [0.25, 0.3) is 0 Å². The van der Waals surface area contributed by atoms with E-state index in [1.165, 1.54) is 23.5 Å². The van der Waals surface area contributed by atoms with E-state index < -0.39 is 0 Å². The van der Waals surface area contributed by atoms with Crippen molar-refractivity contribution in [1.29, 1.82) is 0 Å². The Labute approximate surface area is 138 Å². The summed E-state index contributed by atoms with van der Waals surface area (Å²) in [6.07, 6.45) is 0.508. The van der Waals surface area contributed by atoms with Crippen molar-refractivity contribution in [1.82, 2.24) is 4.98 Å². The molecule has 6 heteroatoms. The highest BCUT2D eigenvalue weighted by atomic mass is 32.2. The van der Waals surface area contributed by atoms with Gasteiger partial charge in [-0.05, 0) is 23.6 Å². The van der Waals surface area contributed by atoms with Gasteiger partial charge >= 0.3 is 0 Å². The molecule has 0 aliphatic rings. The second kappa shape index (κ2) is 8.29. The van der Waals surface area contributed by atoms with Crippen molar-refractivity contribution in [2.45, 2.75) is 31.8 Å². The summed E-state index contributed by atoms with van der Waals surface area (Å²) in [5.41, 5.74) is 2.05. The van der Waals surface area contributed by atoms with Crippen LogP contribution >= 0.6 is 23.1 Å². The molecule has 1 heterocycles. The van der Waals surface area contributed by atoms with Crippen LogP contribution in [0.1, 0.15) is 31.5 Å². The third-order valence-corrected chi connectivity index (χ3v) is 4.67. The summed E-state index contributed by atoms with van der Waals surface area (Å²) in [4.78, 5) is 16.1. The van der Waals surface area contributed by atoms with Crippen molar-refractivity contribution in [2.75, 3.05) is 5.32 Å². The van der Waals surface area contributed by atoms with E-state index in [-0.39, 0.29) is 11.7 Å². The van der Waals surface area contributed by atoms with Gasteiger partial charge < -0.3 is 5.32 Å². The lowest BCUT2D eigenvalue weighted by molar-refractivity contribution is -0.116. The number of nitrogens with zero attached hydrogens (tertiary/aromatic N) is 1. The van der Waals surface area contributed by atoms with E-state index in [2.05, 4.69) is 10.3 Å². The van der Waals surface area contributed by atoms with E-state index in [1.54, 1.807) is 23.9 Å². The molecule has 2 rings (SSSR count). The Kier molecular flexibility index (Phi) is 6.39. The fourth-order valence-corrected chi connectivity index (χ4v) is 3.55. The average Bonchev–Trinajstić information content (AvgIpc) is 2.87. The van der Waals surface area contributed by atoms with E-state index in [0.29, 0.717) is 17.5 Å². The number of amides is 1. The molecule has 22 heavy (non-hydrogen) atoms. The molecule has 2 aromatic rings. The predicted molar refractivity (Wildman–Crippen MR) is 91.6 cm³/mol. The van der Waals surface area contributed by atoms with Gasteiger partial charge in [-0.2, -0.15) is 11.8 Å². The third-order valence-electron chi connectivity index (χ3n) is 2.82. The number of nitrogens with one attached hydrogen (secondary N) is 1. The number of hydrogen-bond acceptors (Lipinski definition) is 4. The Balaban J connectivity index is 1.77. The van der Waals surface area contributed by atoms with Crippen LogP contribution in [0.2, 0.25) is 0 Å². The highest BCUT2D eigenvalue weighted by Crippen LogP contribution is 2.22. The monoisotopic (exact) mass is 338 g/mol.